The zero-order valence-electron chi connectivity index (χ0n) is 14.3. The summed E-state index contributed by atoms with van der Waals surface area (Å²) in [4.78, 5) is 23.9. The third-order valence-electron chi connectivity index (χ3n) is 3.34. The number of hydrogen-bond donors (Lipinski definition) is 1. The summed E-state index contributed by atoms with van der Waals surface area (Å²) < 4.78 is 9.81. The van der Waals surface area contributed by atoms with E-state index in [9.17, 15) is 9.59 Å². The zero-order chi connectivity index (χ0) is 18.1. The number of anilines is 1. The molecule has 0 atom stereocenters. The fourth-order valence-corrected chi connectivity index (χ4v) is 2.19. The largest absolute Gasteiger partial charge is 0.462 e. The van der Waals surface area contributed by atoms with Crippen molar-refractivity contribution in [2.45, 2.75) is 13.8 Å². The van der Waals surface area contributed by atoms with Crippen LogP contribution in [0.15, 0.2) is 66.4 Å². The van der Waals surface area contributed by atoms with Crippen LogP contribution >= 0.6 is 0 Å². The van der Waals surface area contributed by atoms with Crippen molar-refractivity contribution in [3.8, 4) is 11.1 Å². The van der Waals surface area contributed by atoms with Gasteiger partial charge in [-0.15, -0.1) is 0 Å². The van der Waals surface area contributed by atoms with Gasteiger partial charge < -0.3 is 14.8 Å². The normalized spacial score (nSPS) is 9.84. The van der Waals surface area contributed by atoms with Gasteiger partial charge in [-0.3, -0.25) is 0 Å². The van der Waals surface area contributed by atoms with E-state index < -0.39 is 11.9 Å². The van der Waals surface area contributed by atoms with Crippen molar-refractivity contribution in [3.05, 3.63) is 66.4 Å². The molecule has 1 N–H and O–H groups in total. The molecule has 25 heavy (non-hydrogen) atoms. The first-order valence-electron chi connectivity index (χ1n) is 8.12. The number of nitrogens with one attached hydrogen (secondary N) is 1. The second-order valence-corrected chi connectivity index (χ2v) is 5.09. The van der Waals surface area contributed by atoms with Gasteiger partial charge in [-0.05, 0) is 37.1 Å². The molecule has 0 unspecified atom stereocenters. The van der Waals surface area contributed by atoms with Crippen LogP contribution in [0.5, 0.6) is 0 Å². The molecule has 0 radical (unpaired) electrons. The van der Waals surface area contributed by atoms with E-state index in [1.807, 2.05) is 54.6 Å². The maximum Gasteiger partial charge on any atom is 0.347 e. The second kappa shape index (κ2) is 9.27. The molecule has 0 aromatic heterocycles. The highest BCUT2D eigenvalue weighted by molar-refractivity contribution is 6.14. The third-order valence-corrected chi connectivity index (χ3v) is 3.34. The fourth-order valence-electron chi connectivity index (χ4n) is 2.19. The highest BCUT2D eigenvalue weighted by atomic mass is 16.6. The van der Waals surface area contributed by atoms with Crippen LogP contribution in [0.2, 0.25) is 0 Å². The predicted molar refractivity (Wildman–Crippen MR) is 96.8 cm³/mol. The number of ether oxygens (including phenoxy) is 2. The van der Waals surface area contributed by atoms with Crippen LogP contribution in [0.4, 0.5) is 5.69 Å². The molecule has 0 saturated carbocycles. The van der Waals surface area contributed by atoms with Gasteiger partial charge >= 0.3 is 11.9 Å². The third kappa shape index (κ3) is 5.21. The van der Waals surface area contributed by atoms with Gasteiger partial charge in [-0.25, -0.2) is 9.59 Å². The first kappa shape index (κ1) is 18.3. The number of rotatable bonds is 7. The van der Waals surface area contributed by atoms with E-state index in [2.05, 4.69) is 5.32 Å². The topological polar surface area (TPSA) is 64.6 Å². The highest BCUT2D eigenvalue weighted by Crippen LogP contribution is 2.22. The van der Waals surface area contributed by atoms with Crippen LogP contribution in [-0.2, 0) is 19.1 Å². The summed E-state index contributed by atoms with van der Waals surface area (Å²) in [5.41, 5.74) is 2.67. The molecule has 0 fully saturated rings. The van der Waals surface area contributed by atoms with Crippen molar-refractivity contribution in [1.82, 2.24) is 0 Å². The number of hydrogen-bond acceptors (Lipinski definition) is 5. The molecule has 5 heteroatoms. The summed E-state index contributed by atoms with van der Waals surface area (Å²) in [6.07, 6.45) is 1.32. The van der Waals surface area contributed by atoms with E-state index in [1.54, 1.807) is 13.8 Å². The molecule has 5 nitrogen and oxygen atoms in total. The lowest BCUT2D eigenvalue weighted by atomic mass is 10.1. The van der Waals surface area contributed by atoms with Gasteiger partial charge in [0, 0.05) is 11.9 Å². The molecule has 130 valence electrons. The Morgan fingerprint density at radius 2 is 1.48 bits per heavy atom. The average Bonchev–Trinajstić information content (AvgIpc) is 2.63. The Balaban J connectivity index is 2.22. The van der Waals surface area contributed by atoms with Gasteiger partial charge in [0.25, 0.3) is 0 Å². The van der Waals surface area contributed by atoms with Gasteiger partial charge in [0.2, 0.25) is 0 Å². The monoisotopic (exact) mass is 339 g/mol. The summed E-state index contributed by atoms with van der Waals surface area (Å²) in [6, 6.07) is 17.6. The lowest BCUT2D eigenvalue weighted by Crippen LogP contribution is -2.19. The van der Waals surface area contributed by atoms with E-state index in [0.717, 1.165) is 16.8 Å². The van der Waals surface area contributed by atoms with Gasteiger partial charge in [0.1, 0.15) is 0 Å². The van der Waals surface area contributed by atoms with E-state index in [1.165, 1.54) is 6.20 Å². The molecular formula is C20H21NO4. The van der Waals surface area contributed by atoms with Crippen LogP contribution in [0, 0.1) is 0 Å². The minimum absolute atomic E-state index is 0.172. The Kier molecular flexibility index (Phi) is 6.77. The zero-order valence-corrected chi connectivity index (χ0v) is 14.3. The van der Waals surface area contributed by atoms with Crippen LogP contribution in [0.3, 0.4) is 0 Å². The SMILES string of the molecule is CCOC(=O)C(=CNc1cccc(-c2ccccc2)c1)C(=O)OCC. The minimum atomic E-state index is -0.715. The molecule has 0 bridgehead atoms. The van der Waals surface area contributed by atoms with E-state index in [0.29, 0.717) is 0 Å². The quantitative estimate of drug-likeness (QED) is 0.360. The summed E-state index contributed by atoms with van der Waals surface area (Å²) in [5.74, 6) is -1.43. The molecule has 0 amide bonds. The predicted octanol–water partition coefficient (Wildman–Crippen LogP) is 3.78. The smallest absolute Gasteiger partial charge is 0.347 e. The Labute approximate surface area is 147 Å². The summed E-state index contributed by atoms with van der Waals surface area (Å²) in [6.45, 7) is 3.72. The van der Waals surface area contributed by atoms with Gasteiger partial charge in [0.15, 0.2) is 5.57 Å². The van der Waals surface area contributed by atoms with E-state index >= 15 is 0 Å². The first-order valence-corrected chi connectivity index (χ1v) is 8.12. The van der Waals surface area contributed by atoms with Crippen molar-refractivity contribution in [2.24, 2.45) is 0 Å². The van der Waals surface area contributed by atoms with E-state index in [-0.39, 0.29) is 18.8 Å². The first-order chi connectivity index (χ1) is 12.2. The Morgan fingerprint density at radius 3 is 2.08 bits per heavy atom. The van der Waals surface area contributed by atoms with Crippen molar-refractivity contribution in [1.29, 1.82) is 0 Å². The minimum Gasteiger partial charge on any atom is -0.462 e. The lowest BCUT2D eigenvalue weighted by Gasteiger charge is -2.09. The van der Waals surface area contributed by atoms with Crippen molar-refractivity contribution in [3.63, 3.8) is 0 Å². The lowest BCUT2D eigenvalue weighted by molar-refractivity contribution is -0.146. The Morgan fingerprint density at radius 1 is 0.880 bits per heavy atom. The van der Waals surface area contributed by atoms with Crippen LogP contribution in [0.25, 0.3) is 11.1 Å². The van der Waals surface area contributed by atoms with Gasteiger partial charge in [-0.2, -0.15) is 0 Å². The molecule has 0 aliphatic carbocycles. The molecule has 0 aliphatic heterocycles. The molecule has 0 aliphatic rings. The van der Waals surface area contributed by atoms with E-state index in [4.69, 9.17) is 9.47 Å². The molecular weight excluding hydrogens is 318 g/mol. The second-order valence-electron chi connectivity index (χ2n) is 5.09. The number of carbonyl (C=O) groups excluding carboxylic acids is 2. The van der Waals surface area contributed by atoms with Gasteiger partial charge in [-0.1, -0.05) is 42.5 Å². The molecule has 0 saturated heterocycles. The van der Waals surface area contributed by atoms with Crippen molar-refractivity contribution >= 4 is 17.6 Å². The summed E-state index contributed by atoms with van der Waals surface area (Å²) >= 11 is 0. The molecule has 2 rings (SSSR count). The van der Waals surface area contributed by atoms with Crippen LogP contribution in [0.1, 0.15) is 13.8 Å². The maximum atomic E-state index is 11.9. The standard InChI is InChI=1S/C20H21NO4/c1-3-24-19(22)18(20(23)25-4-2)14-21-17-12-8-11-16(13-17)15-9-6-5-7-10-15/h5-14,21H,3-4H2,1-2H3. The molecule has 0 heterocycles. The summed E-state index contributed by atoms with van der Waals surface area (Å²) in [5, 5.41) is 2.97. The van der Waals surface area contributed by atoms with Gasteiger partial charge in [0.05, 0.1) is 13.2 Å². The Bertz CT molecular complexity index is 733. The highest BCUT2D eigenvalue weighted by Gasteiger charge is 2.20. The van der Waals surface area contributed by atoms with Crippen molar-refractivity contribution < 1.29 is 19.1 Å². The molecule has 2 aromatic rings. The average molecular weight is 339 g/mol. The number of esters is 2. The van der Waals surface area contributed by atoms with Crippen molar-refractivity contribution in [2.75, 3.05) is 18.5 Å². The van der Waals surface area contributed by atoms with Crippen LogP contribution < -0.4 is 5.32 Å². The Hall–Kier alpha value is -3.08. The fraction of sp³-hybridized carbons (Fsp3) is 0.200. The maximum absolute atomic E-state index is 11.9. The molecule has 0 spiro atoms. The summed E-state index contributed by atoms with van der Waals surface area (Å²) in [7, 11) is 0. The number of carbonyl (C=O) groups is 2. The van der Waals surface area contributed by atoms with Crippen LogP contribution in [-0.4, -0.2) is 25.2 Å². The molecule has 2 aromatic carbocycles. The number of benzene rings is 2.